The van der Waals surface area contributed by atoms with Crippen molar-refractivity contribution >= 4 is 17.3 Å². The van der Waals surface area contributed by atoms with E-state index in [1.807, 2.05) is 26.0 Å². The van der Waals surface area contributed by atoms with E-state index in [0.29, 0.717) is 17.4 Å². The Morgan fingerprint density at radius 2 is 2.15 bits per heavy atom. The van der Waals surface area contributed by atoms with Gasteiger partial charge >= 0.3 is 0 Å². The predicted octanol–water partition coefficient (Wildman–Crippen LogP) is 4.45. The molecular formula is C15H16ClFN2O. The van der Waals surface area contributed by atoms with Crippen LogP contribution < -0.4 is 10.1 Å². The molecule has 0 aliphatic rings. The van der Waals surface area contributed by atoms with E-state index >= 15 is 0 Å². The molecule has 1 unspecified atom stereocenters. The third kappa shape index (κ3) is 3.61. The van der Waals surface area contributed by atoms with E-state index in [4.69, 9.17) is 16.3 Å². The van der Waals surface area contributed by atoms with Crippen LogP contribution in [0.25, 0.3) is 0 Å². The summed E-state index contributed by atoms with van der Waals surface area (Å²) in [5, 5.41) is 3.79. The monoisotopic (exact) mass is 294 g/mol. The third-order valence-electron chi connectivity index (χ3n) is 2.84. The Morgan fingerprint density at radius 3 is 2.80 bits per heavy atom. The van der Waals surface area contributed by atoms with Gasteiger partial charge in [-0.2, -0.15) is 0 Å². The molecule has 1 N–H and O–H groups in total. The second-order valence-corrected chi connectivity index (χ2v) is 4.79. The zero-order valence-corrected chi connectivity index (χ0v) is 12.1. The van der Waals surface area contributed by atoms with Gasteiger partial charge in [0.1, 0.15) is 11.6 Å². The molecule has 0 aliphatic carbocycles. The van der Waals surface area contributed by atoms with E-state index in [2.05, 4.69) is 10.3 Å². The van der Waals surface area contributed by atoms with Crippen LogP contribution in [0.5, 0.6) is 5.75 Å². The fraction of sp³-hybridized carbons (Fsp3) is 0.267. The number of anilines is 1. The minimum absolute atomic E-state index is 0.0767. The first-order chi connectivity index (χ1) is 9.60. The number of nitrogens with one attached hydrogen (secondary N) is 1. The maximum atomic E-state index is 13.1. The van der Waals surface area contributed by atoms with Crippen LogP contribution in [0.1, 0.15) is 25.5 Å². The number of pyridine rings is 1. The molecule has 1 atom stereocenters. The number of aromatic nitrogens is 1. The van der Waals surface area contributed by atoms with Gasteiger partial charge in [0.05, 0.1) is 23.9 Å². The van der Waals surface area contributed by atoms with Gasteiger partial charge in [0.2, 0.25) is 0 Å². The van der Waals surface area contributed by atoms with Gasteiger partial charge in [-0.3, -0.25) is 4.98 Å². The van der Waals surface area contributed by atoms with Crippen molar-refractivity contribution < 1.29 is 9.13 Å². The maximum Gasteiger partial charge on any atom is 0.141 e. The summed E-state index contributed by atoms with van der Waals surface area (Å²) >= 11 is 6.13. The smallest absolute Gasteiger partial charge is 0.141 e. The molecule has 3 nitrogen and oxygen atoms in total. The number of hydrogen-bond donors (Lipinski definition) is 1. The molecule has 0 aliphatic heterocycles. The summed E-state index contributed by atoms with van der Waals surface area (Å²) in [6.07, 6.45) is 2.82. The highest BCUT2D eigenvalue weighted by Gasteiger charge is 2.08. The Kier molecular flexibility index (Phi) is 4.79. The highest BCUT2D eigenvalue weighted by Crippen LogP contribution is 2.29. The lowest BCUT2D eigenvalue weighted by Crippen LogP contribution is -2.07. The normalized spacial score (nSPS) is 12.0. The van der Waals surface area contributed by atoms with Crippen LogP contribution in [-0.4, -0.2) is 11.6 Å². The van der Waals surface area contributed by atoms with Crippen LogP contribution in [0, 0.1) is 5.82 Å². The van der Waals surface area contributed by atoms with Gasteiger partial charge < -0.3 is 10.1 Å². The second kappa shape index (κ2) is 6.57. The average molecular weight is 295 g/mol. The largest absolute Gasteiger partial charge is 0.492 e. The number of rotatable bonds is 5. The summed E-state index contributed by atoms with van der Waals surface area (Å²) in [7, 11) is 0. The Balaban J connectivity index is 2.11. The molecule has 106 valence electrons. The van der Waals surface area contributed by atoms with Crippen molar-refractivity contribution in [2.45, 2.75) is 19.9 Å². The molecule has 0 amide bonds. The quantitative estimate of drug-likeness (QED) is 0.885. The van der Waals surface area contributed by atoms with Crippen molar-refractivity contribution in [1.82, 2.24) is 4.98 Å². The summed E-state index contributed by atoms with van der Waals surface area (Å²) in [6, 6.07) is 6.86. The Labute approximate surface area is 122 Å². The minimum Gasteiger partial charge on any atom is -0.492 e. The number of nitrogens with zero attached hydrogens (tertiary/aromatic N) is 1. The fourth-order valence-corrected chi connectivity index (χ4v) is 2.10. The van der Waals surface area contributed by atoms with E-state index in [1.54, 1.807) is 12.3 Å². The Morgan fingerprint density at radius 1 is 1.35 bits per heavy atom. The predicted molar refractivity (Wildman–Crippen MR) is 78.9 cm³/mol. The Bertz CT molecular complexity index is 592. The van der Waals surface area contributed by atoms with Gasteiger partial charge in [-0.1, -0.05) is 11.6 Å². The highest BCUT2D eigenvalue weighted by atomic mass is 35.5. The topological polar surface area (TPSA) is 34.1 Å². The zero-order valence-electron chi connectivity index (χ0n) is 11.4. The maximum absolute atomic E-state index is 13.1. The first kappa shape index (κ1) is 14.6. The summed E-state index contributed by atoms with van der Waals surface area (Å²) in [6.45, 7) is 4.40. The SMILES string of the molecule is CCOc1ccc(NC(C)c2cncc(F)c2)cc1Cl. The molecule has 0 saturated heterocycles. The molecule has 1 aromatic heterocycles. The lowest BCUT2D eigenvalue weighted by Gasteiger charge is -2.16. The van der Waals surface area contributed by atoms with E-state index in [0.717, 1.165) is 11.3 Å². The minimum atomic E-state index is -0.346. The van der Waals surface area contributed by atoms with E-state index in [9.17, 15) is 4.39 Å². The van der Waals surface area contributed by atoms with Gasteiger partial charge in [-0.15, -0.1) is 0 Å². The standard InChI is InChI=1S/C15H16ClFN2O/c1-3-20-15-5-4-13(7-14(15)16)19-10(2)11-6-12(17)9-18-8-11/h4-10,19H,3H2,1-2H3. The fourth-order valence-electron chi connectivity index (χ4n) is 1.86. The van der Waals surface area contributed by atoms with Crippen molar-refractivity contribution in [1.29, 1.82) is 0 Å². The van der Waals surface area contributed by atoms with Gasteiger partial charge in [-0.25, -0.2) is 4.39 Å². The molecular weight excluding hydrogens is 279 g/mol. The molecule has 0 radical (unpaired) electrons. The van der Waals surface area contributed by atoms with Crippen LogP contribution in [-0.2, 0) is 0 Å². The molecule has 0 bridgehead atoms. The van der Waals surface area contributed by atoms with Crippen LogP contribution >= 0.6 is 11.6 Å². The van der Waals surface area contributed by atoms with E-state index in [-0.39, 0.29) is 11.9 Å². The van der Waals surface area contributed by atoms with Crippen molar-refractivity contribution in [3.05, 3.63) is 53.1 Å². The van der Waals surface area contributed by atoms with E-state index < -0.39 is 0 Å². The molecule has 1 heterocycles. The Hall–Kier alpha value is -1.81. The summed E-state index contributed by atoms with van der Waals surface area (Å²) in [4.78, 5) is 3.84. The summed E-state index contributed by atoms with van der Waals surface area (Å²) < 4.78 is 18.5. The van der Waals surface area contributed by atoms with Crippen molar-refractivity contribution in [2.24, 2.45) is 0 Å². The lowest BCUT2D eigenvalue weighted by atomic mass is 10.1. The van der Waals surface area contributed by atoms with Crippen molar-refractivity contribution in [3.63, 3.8) is 0 Å². The van der Waals surface area contributed by atoms with Gasteiger partial charge in [0.15, 0.2) is 0 Å². The first-order valence-electron chi connectivity index (χ1n) is 6.39. The summed E-state index contributed by atoms with van der Waals surface area (Å²) in [5.74, 6) is 0.306. The molecule has 0 spiro atoms. The summed E-state index contributed by atoms with van der Waals surface area (Å²) in [5.41, 5.74) is 1.62. The van der Waals surface area contributed by atoms with Gasteiger partial charge in [0.25, 0.3) is 0 Å². The van der Waals surface area contributed by atoms with Gasteiger partial charge in [0, 0.05) is 11.9 Å². The zero-order chi connectivity index (χ0) is 14.5. The number of hydrogen-bond acceptors (Lipinski definition) is 3. The molecule has 0 fully saturated rings. The second-order valence-electron chi connectivity index (χ2n) is 4.38. The van der Waals surface area contributed by atoms with Crippen LogP contribution in [0.15, 0.2) is 36.7 Å². The number of benzene rings is 1. The van der Waals surface area contributed by atoms with Crippen LogP contribution in [0.3, 0.4) is 0 Å². The lowest BCUT2D eigenvalue weighted by molar-refractivity contribution is 0.340. The van der Waals surface area contributed by atoms with E-state index in [1.165, 1.54) is 12.3 Å². The average Bonchev–Trinajstić information content (AvgIpc) is 2.42. The third-order valence-corrected chi connectivity index (χ3v) is 3.14. The van der Waals surface area contributed by atoms with Crippen LogP contribution in [0.4, 0.5) is 10.1 Å². The number of halogens is 2. The van der Waals surface area contributed by atoms with Crippen LogP contribution in [0.2, 0.25) is 5.02 Å². The molecule has 5 heteroatoms. The molecule has 1 aromatic carbocycles. The number of ether oxygens (including phenoxy) is 1. The van der Waals surface area contributed by atoms with Crippen molar-refractivity contribution in [2.75, 3.05) is 11.9 Å². The van der Waals surface area contributed by atoms with Gasteiger partial charge in [-0.05, 0) is 43.7 Å². The first-order valence-corrected chi connectivity index (χ1v) is 6.77. The van der Waals surface area contributed by atoms with Crippen molar-refractivity contribution in [3.8, 4) is 5.75 Å². The molecule has 0 saturated carbocycles. The molecule has 2 aromatic rings. The molecule has 2 rings (SSSR count). The molecule has 20 heavy (non-hydrogen) atoms. The highest BCUT2D eigenvalue weighted by molar-refractivity contribution is 6.32.